The Bertz CT molecular complexity index is 397. The molecule has 1 aliphatic rings. The van der Waals surface area contributed by atoms with Crippen molar-refractivity contribution >= 4 is 29.8 Å². The van der Waals surface area contributed by atoms with E-state index in [1.54, 1.807) is 30.4 Å². The number of rotatable bonds is 0. The minimum absolute atomic E-state index is 0. The number of aliphatic hydroxyl groups is 1. The van der Waals surface area contributed by atoms with Gasteiger partial charge in [-0.1, -0.05) is 11.6 Å². The number of hydrogen-bond acceptors (Lipinski definition) is 2. The Balaban J connectivity index is 0.000000980. The Hall–Kier alpha value is -1.12. The van der Waals surface area contributed by atoms with Gasteiger partial charge in [-0.3, -0.25) is 0 Å². The first-order valence-electron chi connectivity index (χ1n) is 3.80. The van der Waals surface area contributed by atoms with Crippen molar-refractivity contribution in [3.05, 3.63) is 47.2 Å². The topological polar surface area (TPSA) is 29.5 Å². The van der Waals surface area contributed by atoms with Crippen molar-refractivity contribution in [2.45, 2.75) is 0 Å². The highest BCUT2D eigenvalue weighted by molar-refractivity contribution is 6.30. The molecule has 0 unspecified atom stereocenters. The second-order valence-electron chi connectivity index (χ2n) is 2.64. The van der Waals surface area contributed by atoms with Gasteiger partial charge >= 0.3 is 0 Å². The maximum atomic E-state index is 9.54. The Morgan fingerprint density at radius 1 is 1.29 bits per heavy atom. The minimum Gasteiger partial charge on any atom is -0.507 e. The molecule has 1 aliphatic heterocycles. The molecule has 1 aromatic rings. The van der Waals surface area contributed by atoms with Gasteiger partial charge in [-0.2, -0.15) is 0 Å². The van der Waals surface area contributed by atoms with Crippen LogP contribution in [0, 0.1) is 0 Å². The molecule has 74 valence electrons. The molecule has 0 bridgehead atoms. The van der Waals surface area contributed by atoms with Crippen molar-refractivity contribution in [1.82, 2.24) is 0 Å². The average molecular weight is 231 g/mol. The van der Waals surface area contributed by atoms with Gasteiger partial charge in [0.1, 0.15) is 11.5 Å². The van der Waals surface area contributed by atoms with Crippen LogP contribution >= 0.6 is 24.0 Å². The molecule has 0 atom stereocenters. The maximum absolute atomic E-state index is 9.54. The Morgan fingerprint density at radius 2 is 2.07 bits per heavy atom. The largest absolute Gasteiger partial charge is 0.507 e. The lowest BCUT2D eigenvalue weighted by molar-refractivity contribution is 0.471. The van der Waals surface area contributed by atoms with Crippen LogP contribution in [0.4, 0.5) is 0 Å². The summed E-state index contributed by atoms with van der Waals surface area (Å²) >= 11 is 5.78. The van der Waals surface area contributed by atoms with E-state index in [-0.39, 0.29) is 18.2 Å². The van der Waals surface area contributed by atoms with Crippen molar-refractivity contribution in [1.29, 1.82) is 0 Å². The van der Waals surface area contributed by atoms with Gasteiger partial charge in [0.15, 0.2) is 0 Å². The summed E-state index contributed by atoms with van der Waals surface area (Å²) in [6, 6.07) is 5.10. The molecule has 1 N–H and O–H groups in total. The van der Waals surface area contributed by atoms with Crippen LogP contribution in [0.15, 0.2) is 36.6 Å². The van der Waals surface area contributed by atoms with E-state index in [0.29, 0.717) is 16.3 Å². The quantitative estimate of drug-likeness (QED) is 0.739. The van der Waals surface area contributed by atoms with Crippen LogP contribution in [-0.2, 0) is 0 Å². The summed E-state index contributed by atoms with van der Waals surface area (Å²) in [6.45, 7) is 0. The van der Waals surface area contributed by atoms with E-state index in [2.05, 4.69) is 0 Å². The zero-order valence-corrected chi connectivity index (χ0v) is 8.68. The predicted molar refractivity (Wildman–Crippen MR) is 59.1 cm³/mol. The number of allylic oxidation sites excluding steroid dienone is 2. The summed E-state index contributed by atoms with van der Waals surface area (Å²) in [5, 5.41) is 10.1. The van der Waals surface area contributed by atoms with Crippen LogP contribution in [0.25, 0.3) is 5.76 Å². The van der Waals surface area contributed by atoms with Gasteiger partial charge in [-0.15, -0.1) is 12.4 Å². The third kappa shape index (κ3) is 2.03. The number of benzene rings is 1. The third-order valence-corrected chi connectivity index (χ3v) is 1.98. The lowest BCUT2D eigenvalue weighted by atomic mass is 10.1. The van der Waals surface area contributed by atoms with E-state index in [1.165, 1.54) is 6.26 Å². The highest BCUT2D eigenvalue weighted by atomic mass is 35.5. The van der Waals surface area contributed by atoms with E-state index in [4.69, 9.17) is 16.3 Å². The zero-order chi connectivity index (χ0) is 9.26. The normalized spacial score (nSPS) is 13.1. The van der Waals surface area contributed by atoms with Crippen molar-refractivity contribution < 1.29 is 9.84 Å². The van der Waals surface area contributed by atoms with Crippen molar-refractivity contribution in [3.8, 4) is 5.75 Å². The van der Waals surface area contributed by atoms with E-state index in [1.807, 2.05) is 0 Å². The molecule has 0 saturated carbocycles. The van der Waals surface area contributed by atoms with Crippen molar-refractivity contribution in [2.75, 3.05) is 0 Å². The SMILES string of the molecule is Cl.OC1=CC=COc2ccc(Cl)cc21. The second kappa shape index (κ2) is 4.40. The molecular formula is C10H8Cl2O2. The van der Waals surface area contributed by atoms with Gasteiger partial charge < -0.3 is 9.84 Å². The molecule has 1 aromatic carbocycles. The molecule has 0 radical (unpaired) electrons. The van der Waals surface area contributed by atoms with Gasteiger partial charge in [-0.05, 0) is 30.4 Å². The fourth-order valence-electron chi connectivity index (χ4n) is 1.14. The monoisotopic (exact) mass is 230 g/mol. The smallest absolute Gasteiger partial charge is 0.137 e. The van der Waals surface area contributed by atoms with Gasteiger partial charge in [0.05, 0.1) is 11.8 Å². The fraction of sp³-hybridized carbons (Fsp3) is 0. The molecule has 0 aromatic heterocycles. The number of fused-ring (bicyclic) bond motifs is 1. The summed E-state index contributed by atoms with van der Waals surface area (Å²) in [5.41, 5.74) is 0.609. The molecule has 14 heavy (non-hydrogen) atoms. The standard InChI is InChI=1S/C10H7ClO2.ClH/c11-7-3-4-10-8(6-7)9(12)2-1-5-13-10;/h1-6,12H;1H. The summed E-state index contributed by atoms with van der Waals surface area (Å²) < 4.78 is 5.22. The number of aliphatic hydroxyl groups excluding tert-OH is 1. The number of halogens is 2. The first kappa shape index (κ1) is 11.0. The average Bonchev–Trinajstić information content (AvgIpc) is 2.29. The van der Waals surface area contributed by atoms with Crippen LogP contribution in [0.5, 0.6) is 5.75 Å². The molecule has 0 spiro atoms. The van der Waals surface area contributed by atoms with Crippen molar-refractivity contribution in [3.63, 3.8) is 0 Å². The van der Waals surface area contributed by atoms with Gasteiger partial charge in [0, 0.05) is 5.02 Å². The molecule has 0 aliphatic carbocycles. The first-order chi connectivity index (χ1) is 6.27. The van der Waals surface area contributed by atoms with E-state index >= 15 is 0 Å². The summed E-state index contributed by atoms with van der Waals surface area (Å²) in [5.74, 6) is 0.762. The Kier molecular flexibility index (Phi) is 3.44. The summed E-state index contributed by atoms with van der Waals surface area (Å²) in [4.78, 5) is 0. The third-order valence-electron chi connectivity index (χ3n) is 1.75. The molecule has 0 fully saturated rings. The van der Waals surface area contributed by atoms with Gasteiger partial charge in [-0.25, -0.2) is 0 Å². The number of ether oxygens (including phenoxy) is 1. The lowest BCUT2D eigenvalue weighted by Crippen LogP contribution is -1.87. The summed E-state index contributed by atoms with van der Waals surface area (Å²) in [7, 11) is 0. The molecule has 4 heteroatoms. The Morgan fingerprint density at radius 3 is 2.86 bits per heavy atom. The molecular weight excluding hydrogens is 223 g/mol. The predicted octanol–water partition coefficient (Wildman–Crippen LogP) is 3.57. The number of hydrogen-bond donors (Lipinski definition) is 1. The van der Waals surface area contributed by atoms with E-state index in [0.717, 1.165) is 0 Å². The highest BCUT2D eigenvalue weighted by Gasteiger charge is 2.09. The maximum Gasteiger partial charge on any atom is 0.137 e. The lowest BCUT2D eigenvalue weighted by Gasteiger charge is -2.05. The zero-order valence-electron chi connectivity index (χ0n) is 7.11. The van der Waals surface area contributed by atoms with Crippen LogP contribution in [0.2, 0.25) is 5.02 Å². The molecule has 0 saturated heterocycles. The van der Waals surface area contributed by atoms with Crippen LogP contribution in [-0.4, -0.2) is 5.11 Å². The van der Waals surface area contributed by atoms with E-state index < -0.39 is 0 Å². The molecule has 0 amide bonds. The Labute approximate surface area is 92.9 Å². The summed E-state index contributed by atoms with van der Waals surface area (Å²) in [6.07, 6.45) is 4.70. The van der Waals surface area contributed by atoms with Crippen molar-refractivity contribution in [2.24, 2.45) is 0 Å². The van der Waals surface area contributed by atoms with Crippen LogP contribution in [0.1, 0.15) is 5.56 Å². The van der Waals surface area contributed by atoms with Crippen LogP contribution < -0.4 is 4.74 Å². The fourth-order valence-corrected chi connectivity index (χ4v) is 1.31. The molecule has 2 nitrogen and oxygen atoms in total. The second-order valence-corrected chi connectivity index (χ2v) is 3.08. The van der Waals surface area contributed by atoms with Gasteiger partial charge in [0.25, 0.3) is 0 Å². The molecule has 1 heterocycles. The molecule has 2 rings (SSSR count). The van der Waals surface area contributed by atoms with E-state index in [9.17, 15) is 5.11 Å². The van der Waals surface area contributed by atoms with Gasteiger partial charge in [0.2, 0.25) is 0 Å². The first-order valence-corrected chi connectivity index (χ1v) is 4.17. The highest BCUT2D eigenvalue weighted by Crippen LogP contribution is 2.29. The van der Waals surface area contributed by atoms with Crippen LogP contribution in [0.3, 0.4) is 0 Å². The minimum atomic E-state index is 0.